The molecule has 3 nitrogen and oxygen atoms in total. The van der Waals surface area contributed by atoms with E-state index >= 15 is 0 Å². The van der Waals surface area contributed by atoms with Gasteiger partial charge >= 0.3 is 0 Å². The molecule has 1 aromatic rings. The molecule has 1 fully saturated rings. The van der Waals surface area contributed by atoms with Crippen LogP contribution in [0.5, 0.6) is 0 Å². The van der Waals surface area contributed by atoms with Crippen LogP contribution in [0.3, 0.4) is 0 Å². The number of nitrogens with one attached hydrogen (secondary N) is 2. The molecule has 0 bridgehead atoms. The van der Waals surface area contributed by atoms with Gasteiger partial charge in [-0.05, 0) is 19.1 Å². The monoisotopic (exact) mass is 280 g/mol. The SMILES string of the molecule is CC(NC(=O)C1CNC1)c1ccc(Cl)s1.Cl. The minimum Gasteiger partial charge on any atom is -0.348 e. The summed E-state index contributed by atoms with van der Waals surface area (Å²) in [5.74, 6) is 0.272. The number of carbonyl (C=O) groups is 1. The fourth-order valence-corrected chi connectivity index (χ4v) is 2.50. The molecule has 1 aliphatic rings. The van der Waals surface area contributed by atoms with Crippen molar-refractivity contribution in [2.24, 2.45) is 5.92 Å². The Kier molecular flexibility index (Phi) is 5.05. The lowest BCUT2D eigenvalue weighted by molar-refractivity contribution is -0.127. The van der Waals surface area contributed by atoms with Crippen molar-refractivity contribution in [3.63, 3.8) is 0 Å². The summed E-state index contributed by atoms with van der Waals surface area (Å²) in [5, 5.41) is 6.06. The van der Waals surface area contributed by atoms with E-state index in [0.29, 0.717) is 0 Å². The van der Waals surface area contributed by atoms with Gasteiger partial charge in [-0.25, -0.2) is 0 Å². The molecule has 1 aliphatic heterocycles. The second-order valence-electron chi connectivity index (χ2n) is 3.73. The van der Waals surface area contributed by atoms with Gasteiger partial charge in [0.1, 0.15) is 0 Å². The zero-order valence-corrected chi connectivity index (χ0v) is 11.2. The van der Waals surface area contributed by atoms with E-state index in [4.69, 9.17) is 11.6 Å². The molecule has 1 unspecified atom stereocenters. The van der Waals surface area contributed by atoms with Gasteiger partial charge < -0.3 is 10.6 Å². The zero-order chi connectivity index (χ0) is 10.8. The first kappa shape index (κ1) is 13.8. The topological polar surface area (TPSA) is 41.1 Å². The van der Waals surface area contributed by atoms with Crippen LogP contribution in [0.1, 0.15) is 17.8 Å². The molecule has 2 N–H and O–H groups in total. The van der Waals surface area contributed by atoms with Crippen LogP contribution < -0.4 is 10.6 Å². The van der Waals surface area contributed by atoms with Crippen molar-refractivity contribution in [3.05, 3.63) is 21.3 Å². The van der Waals surface area contributed by atoms with E-state index in [9.17, 15) is 4.79 Å². The quantitative estimate of drug-likeness (QED) is 0.892. The van der Waals surface area contributed by atoms with Gasteiger partial charge in [-0.15, -0.1) is 23.7 Å². The third-order valence-corrected chi connectivity index (χ3v) is 3.95. The van der Waals surface area contributed by atoms with Crippen LogP contribution in [-0.2, 0) is 4.79 Å². The standard InChI is InChI=1S/C10H13ClN2OS.ClH/c1-6(8-2-3-9(11)15-8)13-10(14)7-4-12-5-7;/h2-3,6-7,12H,4-5H2,1H3,(H,13,14);1H. The second kappa shape index (κ2) is 5.87. The Morgan fingerprint density at radius 1 is 1.62 bits per heavy atom. The first-order valence-corrected chi connectivity index (χ1v) is 6.12. The third-order valence-electron chi connectivity index (χ3n) is 2.53. The Bertz CT molecular complexity index is 365. The number of rotatable bonds is 3. The number of amides is 1. The van der Waals surface area contributed by atoms with Crippen molar-refractivity contribution in [1.82, 2.24) is 10.6 Å². The average Bonchev–Trinajstić information content (AvgIpc) is 2.48. The molecule has 2 heterocycles. The molecule has 0 saturated carbocycles. The van der Waals surface area contributed by atoms with Crippen molar-refractivity contribution in [2.75, 3.05) is 13.1 Å². The van der Waals surface area contributed by atoms with E-state index in [2.05, 4.69) is 10.6 Å². The summed E-state index contributed by atoms with van der Waals surface area (Å²) in [6.45, 7) is 3.57. The van der Waals surface area contributed by atoms with Crippen LogP contribution in [0.2, 0.25) is 4.34 Å². The number of thiophene rings is 1. The summed E-state index contributed by atoms with van der Waals surface area (Å²) >= 11 is 7.35. The summed E-state index contributed by atoms with van der Waals surface area (Å²) in [7, 11) is 0. The van der Waals surface area contributed by atoms with E-state index in [1.54, 1.807) is 0 Å². The lowest BCUT2D eigenvalue weighted by Crippen LogP contribution is -2.51. The van der Waals surface area contributed by atoms with Crippen molar-refractivity contribution < 1.29 is 4.79 Å². The Hall–Kier alpha value is -0.290. The predicted octanol–water partition coefficient (Wildman–Crippen LogP) is 2.22. The highest BCUT2D eigenvalue weighted by Gasteiger charge is 2.26. The lowest BCUT2D eigenvalue weighted by atomic mass is 10.0. The van der Waals surface area contributed by atoms with Crippen LogP contribution in [-0.4, -0.2) is 19.0 Å². The molecule has 1 aromatic heterocycles. The van der Waals surface area contributed by atoms with E-state index in [1.807, 2.05) is 19.1 Å². The van der Waals surface area contributed by atoms with Gasteiger partial charge in [-0.2, -0.15) is 0 Å². The average molecular weight is 281 g/mol. The smallest absolute Gasteiger partial charge is 0.226 e. The molecule has 0 aliphatic carbocycles. The molecule has 6 heteroatoms. The second-order valence-corrected chi connectivity index (χ2v) is 5.47. The highest BCUT2D eigenvalue weighted by Crippen LogP contribution is 2.26. The van der Waals surface area contributed by atoms with Gasteiger partial charge in [0.2, 0.25) is 5.91 Å². The molecule has 2 rings (SSSR count). The summed E-state index contributed by atoms with van der Waals surface area (Å²) in [5.41, 5.74) is 0. The van der Waals surface area contributed by atoms with E-state index in [1.165, 1.54) is 11.3 Å². The maximum Gasteiger partial charge on any atom is 0.226 e. The number of halogens is 2. The van der Waals surface area contributed by atoms with Crippen LogP contribution in [0, 0.1) is 5.92 Å². The van der Waals surface area contributed by atoms with Gasteiger partial charge in [0, 0.05) is 18.0 Å². The van der Waals surface area contributed by atoms with Gasteiger partial charge in [0.05, 0.1) is 16.3 Å². The van der Waals surface area contributed by atoms with E-state index in [-0.39, 0.29) is 30.3 Å². The van der Waals surface area contributed by atoms with Crippen LogP contribution in [0.4, 0.5) is 0 Å². The number of hydrogen-bond donors (Lipinski definition) is 2. The Morgan fingerprint density at radius 2 is 2.31 bits per heavy atom. The summed E-state index contributed by atoms with van der Waals surface area (Å²) in [4.78, 5) is 12.7. The molecule has 0 radical (unpaired) electrons. The lowest BCUT2D eigenvalue weighted by Gasteiger charge is -2.27. The van der Waals surface area contributed by atoms with Crippen LogP contribution in [0.15, 0.2) is 12.1 Å². The largest absolute Gasteiger partial charge is 0.348 e. The Labute approximate surface area is 110 Å². The normalized spacial score (nSPS) is 17.1. The number of hydrogen-bond acceptors (Lipinski definition) is 3. The van der Waals surface area contributed by atoms with Gasteiger partial charge in [0.25, 0.3) is 0 Å². The Balaban J connectivity index is 0.00000128. The molecular formula is C10H14Cl2N2OS. The molecule has 0 aromatic carbocycles. The van der Waals surface area contributed by atoms with Crippen molar-refractivity contribution in [2.45, 2.75) is 13.0 Å². The molecule has 16 heavy (non-hydrogen) atoms. The Morgan fingerprint density at radius 3 is 2.75 bits per heavy atom. The minimum atomic E-state index is 0. The summed E-state index contributed by atoms with van der Waals surface area (Å²) < 4.78 is 0.761. The molecule has 1 atom stereocenters. The van der Waals surface area contributed by atoms with Crippen molar-refractivity contribution in [1.29, 1.82) is 0 Å². The van der Waals surface area contributed by atoms with Gasteiger partial charge in [-0.1, -0.05) is 11.6 Å². The molecule has 1 saturated heterocycles. The highest BCUT2D eigenvalue weighted by molar-refractivity contribution is 7.16. The van der Waals surface area contributed by atoms with E-state index in [0.717, 1.165) is 22.3 Å². The molecule has 90 valence electrons. The van der Waals surface area contributed by atoms with E-state index < -0.39 is 0 Å². The fraction of sp³-hybridized carbons (Fsp3) is 0.500. The molecular weight excluding hydrogens is 267 g/mol. The molecule has 1 amide bonds. The van der Waals surface area contributed by atoms with Crippen LogP contribution >= 0.6 is 35.3 Å². The van der Waals surface area contributed by atoms with Gasteiger partial charge in [-0.3, -0.25) is 4.79 Å². The van der Waals surface area contributed by atoms with Crippen LogP contribution in [0.25, 0.3) is 0 Å². The fourth-order valence-electron chi connectivity index (χ4n) is 1.44. The third kappa shape index (κ3) is 3.10. The van der Waals surface area contributed by atoms with Crippen molar-refractivity contribution >= 4 is 41.3 Å². The summed E-state index contributed by atoms with van der Waals surface area (Å²) in [6, 6.07) is 3.86. The zero-order valence-electron chi connectivity index (χ0n) is 8.83. The first-order chi connectivity index (χ1) is 7.16. The maximum absolute atomic E-state index is 11.6. The number of carbonyl (C=O) groups excluding carboxylic acids is 1. The first-order valence-electron chi connectivity index (χ1n) is 4.93. The van der Waals surface area contributed by atoms with Gasteiger partial charge in [0.15, 0.2) is 0 Å². The minimum absolute atomic E-state index is 0. The summed E-state index contributed by atoms with van der Waals surface area (Å²) in [6.07, 6.45) is 0. The highest BCUT2D eigenvalue weighted by atomic mass is 35.5. The molecule has 0 spiro atoms. The van der Waals surface area contributed by atoms with Crippen molar-refractivity contribution in [3.8, 4) is 0 Å². The predicted molar refractivity (Wildman–Crippen MR) is 69.5 cm³/mol. The maximum atomic E-state index is 11.6.